The Labute approximate surface area is 166 Å². The zero-order chi connectivity index (χ0) is 20.6. The van der Waals surface area contributed by atoms with Gasteiger partial charge in [0.15, 0.2) is 6.54 Å². The quantitative estimate of drug-likeness (QED) is 0.742. The lowest BCUT2D eigenvalue weighted by Gasteiger charge is -2.32. The van der Waals surface area contributed by atoms with Crippen molar-refractivity contribution in [3.05, 3.63) is 28.3 Å². The molecule has 0 radical (unpaired) electrons. The third-order valence-electron chi connectivity index (χ3n) is 5.79. The van der Waals surface area contributed by atoms with Crippen LogP contribution in [0.2, 0.25) is 0 Å². The Morgan fingerprint density at radius 3 is 2.14 bits per heavy atom. The molecule has 3 rings (SSSR count). The molecule has 2 aliphatic rings. The topological polar surface area (TPSA) is 88.4 Å². The summed E-state index contributed by atoms with van der Waals surface area (Å²) >= 11 is 0. The number of carbonyl (C=O) groups is 2. The number of nitrogens with zero attached hydrogens (tertiary/aromatic N) is 2. The highest BCUT2D eigenvalue weighted by atomic mass is 32.2. The fourth-order valence-corrected chi connectivity index (χ4v) is 5.86. The number of benzene rings is 1. The van der Waals surface area contributed by atoms with Gasteiger partial charge in [0, 0.05) is 0 Å². The summed E-state index contributed by atoms with van der Waals surface area (Å²) in [6, 6.07) is 2.01. The maximum atomic E-state index is 13.3. The van der Waals surface area contributed by atoms with Crippen molar-refractivity contribution in [1.29, 1.82) is 0 Å². The highest BCUT2D eigenvalue weighted by Gasteiger charge is 2.36. The SMILES string of the molecule is Cc1cc(C)c(C)c(S(=O)(=O)N2CC[NH+](CC(=O)N3CCOC3=O)CC2)c1C. The Kier molecular flexibility index (Phi) is 5.79. The van der Waals surface area contributed by atoms with Crippen LogP contribution in [0.15, 0.2) is 11.0 Å². The second-order valence-corrected chi connectivity index (χ2v) is 9.45. The predicted octanol–water partition coefficient (Wildman–Crippen LogP) is -0.212. The first-order valence-electron chi connectivity index (χ1n) is 9.51. The number of amides is 2. The van der Waals surface area contributed by atoms with Crippen LogP contribution in [-0.2, 0) is 19.6 Å². The maximum Gasteiger partial charge on any atom is 0.416 e. The number of aryl methyl sites for hydroxylation is 2. The molecular weight excluding hydrogens is 382 g/mol. The Hall–Kier alpha value is -1.97. The molecule has 28 heavy (non-hydrogen) atoms. The fraction of sp³-hybridized carbons (Fsp3) is 0.579. The van der Waals surface area contributed by atoms with Gasteiger partial charge in [-0.1, -0.05) is 6.07 Å². The van der Waals surface area contributed by atoms with Crippen LogP contribution in [-0.4, -0.2) is 75.5 Å². The summed E-state index contributed by atoms with van der Waals surface area (Å²) in [6.45, 7) is 10.0. The molecule has 0 aromatic heterocycles. The van der Waals surface area contributed by atoms with Crippen molar-refractivity contribution in [3.8, 4) is 0 Å². The van der Waals surface area contributed by atoms with Crippen LogP contribution >= 0.6 is 0 Å². The largest absolute Gasteiger partial charge is 0.447 e. The lowest BCUT2D eigenvalue weighted by molar-refractivity contribution is -0.895. The van der Waals surface area contributed by atoms with Gasteiger partial charge in [-0.25, -0.2) is 18.1 Å². The number of carbonyl (C=O) groups excluding carboxylic acids is 2. The molecule has 154 valence electrons. The van der Waals surface area contributed by atoms with E-state index in [0.717, 1.165) is 32.1 Å². The van der Waals surface area contributed by atoms with Crippen LogP contribution in [0, 0.1) is 27.7 Å². The average Bonchev–Trinajstić information content (AvgIpc) is 3.06. The van der Waals surface area contributed by atoms with Crippen LogP contribution < -0.4 is 4.90 Å². The summed E-state index contributed by atoms with van der Waals surface area (Å²) in [5.41, 5.74) is 3.52. The van der Waals surface area contributed by atoms with E-state index in [2.05, 4.69) is 0 Å². The smallest absolute Gasteiger partial charge is 0.416 e. The van der Waals surface area contributed by atoms with E-state index in [-0.39, 0.29) is 25.6 Å². The summed E-state index contributed by atoms with van der Waals surface area (Å²) in [5, 5.41) is 0. The molecule has 2 fully saturated rings. The van der Waals surface area contributed by atoms with Crippen molar-refractivity contribution in [2.45, 2.75) is 32.6 Å². The van der Waals surface area contributed by atoms with Crippen molar-refractivity contribution in [2.24, 2.45) is 0 Å². The van der Waals surface area contributed by atoms with E-state index < -0.39 is 16.1 Å². The number of nitrogens with one attached hydrogen (secondary N) is 1. The lowest BCUT2D eigenvalue weighted by Crippen LogP contribution is -3.15. The van der Waals surface area contributed by atoms with Crippen LogP contribution in [0.3, 0.4) is 0 Å². The first kappa shape index (κ1) is 20.8. The highest BCUT2D eigenvalue weighted by molar-refractivity contribution is 7.89. The zero-order valence-corrected chi connectivity index (χ0v) is 17.7. The first-order chi connectivity index (χ1) is 13.1. The molecule has 0 unspecified atom stereocenters. The standard InChI is InChI=1S/C19H27N3O5S/c1-13-11-14(2)16(4)18(15(13)3)28(25,26)21-7-5-20(6-8-21)12-17(23)22-9-10-27-19(22)24/h11H,5-10,12H2,1-4H3/p+1. The number of hydrogen-bond acceptors (Lipinski definition) is 5. The molecule has 0 bridgehead atoms. The van der Waals surface area contributed by atoms with Gasteiger partial charge in [-0.3, -0.25) is 4.79 Å². The Morgan fingerprint density at radius 2 is 1.64 bits per heavy atom. The van der Waals surface area contributed by atoms with E-state index in [1.54, 1.807) is 0 Å². The highest BCUT2D eigenvalue weighted by Crippen LogP contribution is 2.28. The van der Waals surface area contributed by atoms with Crippen LogP contribution in [0.4, 0.5) is 4.79 Å². The fourth-order valence-electron chi connectivity index (χ4n) is 3.85. The van der Waals surface area contributed by atoms with E-state index in [1.807, 2.05) is 33.8 Å². The summed E-state index contributed by atoms with van der Waals surface area (Å²) in [7, 11) is -3.59. The zero-order valence-electron chi connectivity index (χ0n) is 16.9. The van der Waals surface area contributed by atoms with Gasteiger partial charge in [0.05, 0.1) is 37.6 Å². The molecule has 1 aromatic rings. The first-order valence-corrected chi connectivity index (χ1v) is 10.9. The van der Waals surface area contributed by atoms with E-state index >= 15 is 0 Å². The van der Waals surface area contributed by atoms with Gasteiger partial charge in [-0.05, 0) is 49.9 Å². The molecule has 2 heterocycles. The molecule has 1 N–H and O–H groups in total. The minimum absolute atomic E-state index is 0.171. The second-order valence-electron chi connectivity index (χ2n) is 7.58. The Balaban J connectivity index is 1.69. The summed E-state index contributed by atoms with van der Waals surface area (Å²) in [5.74, 6) is -0.269. The third kappa shape index (κ3) is 3.78. The van der Waals surface area contributed by atoms with Crippen molar-refractivity contribution in [1.82, 2.24) is 9.21 Å². The van der Waals surface area contributed by atoms with Crippen molar-refractivity contribution in [3.63, 3.8) is 0 Å². The predicted molar refractivity (Wildman–Crippen MR) is 103 cm³/mol. The third-order valence-corrected chi connectivity index (χ3v) is 7.96. The molecule has 2 amide bonds. The molecule has 2 saturated heterocycles. The van der Waals surface area contributed by atoms with Crippen LogP contribution in [0.5, 0.6) is 0 Å². The molecule has 9 heteroatoms. The molecule has 8 nitrogen and oxygen atoms in total. The summed E-state index contributed by atoms with van der Waals surface area (Å²) in [6.07, 6.45) is -0.591. The van der Waals surface area contributed by atoms with Crippen LogP contribution in [0.1, 0.15) is 22.3 Å². The number of ether oxygens (including phenoxy) is 1. The van der Waals surface area contributed by atoms with Crippen molar-refractivity contribution >= 4 is 22.0 Å². The Morgan fingerprint density at radius 1 is 1.07 bits per heavy atom. The van der Waals surface area contributed by atoms with Gasteiger partial charge in [-0.15, -0.1) is 0 Å². The second kappa shape index (κ2) is 7.81. The molecule has 0 atom stereocenters. The number of sulfonamides is 1. The number of piperazine rings is 1. The molecule has 1 aromatic carbocycles. The van der Waals surface area contributed by atoms with Gasteiger partial charge < -0.3 is 9.64 Å². The van der Waals surface area contributed by atoms with E-state index in [1.165, 1.54) is 4.31 Å². The Bertz CT molecular complexity index is 878. The van der Waals surface area contributed by atoms with Gasteiger partial charge in [0.25, 0.3) is 5.91 Å². The molecule has 0 spiro atoms. The number of cyclic esters (lactones) is 1. The molecule has 2 aliphatic heterocycles. The van der Waals surface area contributed by atoms with Crippen LogP contribution in [0.25, 0.3) is 0 Å². The van der Waals surface area contributed by atoms with Crippen molar-refractivity contribution < 1.29 is 27.6 Å². The lowest BCUT2D eigenvalue weighted by atomic mass is 10.0. The summed E-state index contributed by atoms with van der Waals surface area (Å²) < 4.78 is 32.9. The minimum atomic E-state index is -3.59. The normalized spacial score (nSPS) is 19.1. The number of rotatable bonds is 4. The van der Waals surface area contributed by atoms with E-state index in [9.17, 15) is 18.0 Å². The van der Waals surface area contributed by atoms with Gasteiger partial charge in [0.1, 0.15) is 6.61 Å². The minimum Gasteiger partial charge on any atom is -0.447 e. The van der Waals surface area contributed by atoms with Crippen molar-refractivity contribution in [2.75, 3.05) is 45.9 Å². The van der Waals surface area contributed by atoms with E-state index in [4.69, 9.17) is 4.74 Å². The van der Waals surface area contributed by atoms with E-state index in [0.29, 0.717) is 31.1 Å². The number of imide groups is 1. The molecule has 0 aliphatic carbocycles. The number of quaternary nitrogens is 1. The van der Waals surface area contributed by atoms with Gasteiger partial charge in [-0.2, -0.15) is 4.31 Å². The van der Waals surface area contributed by atoms with Gasteiger partial charge >= 0.3 is 6.09 Å². The average molecular weight is 411 g/mol. The monoisotopic (exact) mass is 410 g/mol. The maximum absolute atomic E-state index is 13.3. The number of hydrogen-bond donors (Lipinski definition) is 1. The molecule has 0 saturated carbocycles. The molecular formula is C19H28N3O5S+. The van der Waals surface area contributed by atoms with Gasteiger partial charge in [0.2, 0.25) is 10.0 Å². The summed E-state index contributed by atoms with van der Waals surface area (Å²) in [4.78, 5) is 26.3.